The van der Waals surface area contributed by atoms with Crippen molar-refractivity contribution in [3.8, 4) is 51.1 Å². The molecule has 200 valence electrons. The lowest BCUT2D eigenvalue weighted by molar-refractivity contribution is -0.274. The molecule has 2 heterocycles. The number of hydrogen-bond acceptors (Lipinski definition) is 5. The van der Waals surface area contributed by atoms with Gasteiger partial charge >= 0.3 is 12.5 Å². The lowest BCUT2D eigenvalue weighted by atomic mass is 9.99. The Morgan fingerprint density at radius 2 is 1.51 bits per heavy atom. The Balaban J connectivity index is 1.45. The highest BCUT2D eigenvalue weighted by Gasteiger charge is 2.34. The van der Waals surface area contributed by atoms with E-state index in [1.807, 2.05) is 0 Å². The number of halogens is 7. The van der Waals surface area contributed by atoms with E-state index in [-0.39, 0.29) is 34.2 Å². The Hall–Kier alpha value is -4.68. The number of rotatable bonds is 5. The minimum atomic E-state index is -4.91. The first-order valence-electron chi connectivity index (χ1n) is 11.1. The largest absolute Gasteiger partial charge is 0.573 e. The summed E-state index contributed by atoms with van der Waals surface area (Å²) in [6, 6.07) is 14.8. The molecule has 0 radical (unpaired) electrons. The lowest BCUT2D eigenvalue weighted by Crippen LogP contribution is -2.17. The van der Waals surface area contributed by atoms with Crippen molar-refractivity contribution in [2.45, 2.75) is 12.5 Å². The fraction of sp³-hybridized carbons (Fsp3) is 0.115. The number of aryl methyl sites for hydroxylation is 1. The average Bonchev–Trinajstić information content (AvgIpc) is 3.50. The molecule has 0 unspecified atom stereocenters. The van der Waals surface area contributed by atoms with E-state index in [9.17, 15) is 30.7 Å². The van der Waals surface area contributed by atoms with Gasteiger partial charge < -0.3 is 13.8 Å². The van der Waals surface area contributed by atoms with E-state index in [1.54, 1.807) is 24.3 Å². The van der Waals surface area contributed by atoms with Gasteiger partial charge in [0.2, 0.25) is 5.82 Å². The fourth-order valence-corrected chi connectivity index (χ4v) is 3.89. The standard InChI is InChI=1S/C26H15F7N4O2/c1-37-13-21(25(28,29)30)34-23(37)15-7-5-14(6-8-15)22-35-24(39-36-22)19-10-9-17(27)12-20(19)16-3-2-4-18(11-16)38-26(31,32)33/h2-13H,1H3. The molecular formula is C26H15F7N4O2. The molecule has 0 amide bonds. The minimum Gasteiger partial charge on any atom is -0.406 e. The molecule has 13 heteroatoms. The second-order valence-corrected chi connectivity index (χ2v) is 8.32. The van der Waals surface area contributed by atoms with E-state index in [0.717, 1.165) is 30.5 Å². The third-order valence-electron chi connectivity index (χ3n) is 5.58. The third kappa shape index (κ3) is 5.61. The molecule has 6 nitrogen and oxygen atoms in total. The zero-order valence-electron chi connectivity index (χ0n) is 19.7. The van der Waals surface area contributed by atoms with Gasteiger partial charge in [-0.05, 0) is 41.5 Å². The maximum atomic E-state index is 14.1. The molecule has 39 heavy (non-hydrogen) atoms. The first-order chi connectivity index (χ1) is 18.4. The average molecular weight is 548 g/mol. The van der Waals surface area contributed by atoms with E-state index >= 15 is 0 Å². The van der Waals surface area contributed by atoms with Gasteiger partial charge in [-0.15, -0.1) is 13.2 Å². The van der Waals surface area contributed by atoms with E-state index in [1.165, 1.54) is 29.8 Å². The van der Waals surface area contributed by atoms with Crippen LogP contribution in [0.25, 0.3) is 45.4 Å². The molecule has 3 aromatic carbocycles. The highest BCUT2D eigenvalue weighted by molar-refractivity contribution is 5.81. The monoisotopic (exact) mass is 548 g/mol. The number of aromatic nitrogens is 4. The number of imidazole rings is 1. The first kappa shape index (κ1) is 25.9. The molecule has 2 aromatic heterocycles. The molecule has 0 aliphatic rings. The van der Waals surface area contributed by atoms with Gasteiger partial charge in [-0.2, -0.15) is 18.2 Å². The Morgan fingerprint density at radius 1 is 0.795 bits per heavy atom. The second-order valence-electron chi connectivity index (χ2n) is 8.32. The molecule has 0 N–H and O–H groups in total. The molecule has 0 aliphatic carbocycles. The zero-order valence-corrected chi connectivity index (χ0v) is 19.7. The zero-order chi connectivity index (χ0) is 27.9. The van der Waals surface area contributed by atoms with Gasteiger partial charge in [0.15, 0.2) is 5.69 Å². The van der Waals surface area contributed by atoms with Gasteiger partial charge in [0.1, 0.15) is 17.4 Å². The Labute approximate surface area is 215 Å². The van der Waals surface area contributed by atoms with Crippen molar-refractivity contribution in [2.75, 3.05) is 0 Å². The topological polar surface area (TPSA) is 66.0 Å². The van der Waals surface area contributed by atoms with Crippen LogP contribution >= 0.6 is 0 Å². The van der Waals surface area contributed by atoms with Gasteiger partial charge in [-0.1, -0.05) is 41.6 Å². The van der Waals surface area contributed by atoms with Crippen LogP contribution < -0.4 is 4.74 Å². The van der Waals surface area contributed by atoms with Crippen molar-refractivity contribution in [2.24, 2.45) is 7.05 Å². The SMILES string of the molecule is Cn1cc(C(F)(F)F)nc1-c1ccc(-c2noc(-c3ccc(F)cc3-c3cccc(OC(F)(F)F)c3)n2)cc1. The molecule has 0 atom stereocenters. The van der Waals surface area contributed by atoms with Gasteiger partial charge in [-0.3, -0.25) is 0 Å². The second kappa shape index (κ2) is 9.57. The molecule has 0 bridgehead atoms. The van der Waals surface area contributed by atoms with Gasteiger partial charge in [0, 0.05) is 29.9 Å². The number of hydrogen-bond donors (Lipinski definition) is 0. The number of alkyl halides is 6. The van der Waals surface area contributed by atoms with Crippen LogP contribution in [0.4, 0.5) is 30.7 Å². The van der Waals surface area contributed by atoms with E-state index in [0.29, 0.717) is 11.1 Å². The van der Waals surface area contributed by atoms with Crippen LogP contribution in [0.15, 0.2) is 77.4 Å². The molecule has 0 aliphatic heterocycles. The van der Waals surface area contributed by atoms with Crippen LogP contribution in [-0.4, -0.2) is 26.1 Å². The summed E-state index contributed by atoms with van der Waals surface area (Å²) in [7, 11) is 1.45. The van der Waals surface area contributed by atoms with Crippen LogP contribution in [0.1, 0.15) is 5.69 Å². The Kier molecular flexibility index (Phi) is 6.36. The highest BCUT2D eigenvalue weighted by Crippen LogP contribution is 2.36. The predicted molar refractivity (Wildman–Crippen MR) is 124 cm³/mol. The number of benzene rings is 3. The normalized spacial score (nSPS) is 12.1. The maximum absolute atomic E-state index is 14.1. The highest BCUT2D eigenvalue weighted by atomic mass is 19.4. The molecule has 5 rings (SSSR count). The molecule has 0 saturated carbocycles. The molecular weight excluding hydrogens is 533 g/mol. The first-order valence-corrected chi connectivity index (χ1v) is 11.1. The van der Waals surface area contributed by atoms with Crippen LogP contribution in [0.2, 0.25) is 0 Å². The minimum absolute atomic E-state index is 0.0369. The van der Waals surface area contributed by atoms with Gasteiger partial charge in [0.05, 0.1) is 0 Å². The number of nitrogens with zero attached hydrogens (tertiary/aromatic N) is 4. The quantitative estimate of drug-likeness (QED) is 0.213. The van der Waals surface area contributed by atoms with Crippen molar-refractivity contribution in [1.82, 2.24) is 19.7 Å². The Bertz CT molecular complexity index is 1640. The van der Waals surface area contributed by atoms with Gasteiger partial charge in [0.25, 0.3) is 5.89 Å². The molecule has 0 saturated heterocycles. The summed E-state index contributed by atoms with van der Waals surface area (Å²) in [6.07, 6.45) is -8.60. The Morgan fingerprint density at radius 3 is 2.18 bits per heavy atom. The van der Waals surface area contributed by atoms with Crippen molar-refractivity contribution < 1.29 is 40.0 Å². The van der Waals surface area contributed by atoms with Crippen molar-refractivity contribution in [1.29, 1.82) is 0 Å². The summed E-state index contributed by atoms with van der Waals surface area (Å²) in [5, 5.41) is 3.92. The van der Waals surface area contributed by atoms with E-state index in [2.05, 4.69) is 19.9 Å². The fourth-order valence-electron chi connectivity index (χ4n) is 3.89. The van der Waals surface area contributed by atoms with Crippen LogP contribution in [0.3, 0.4) is 0 Å². The summed E-state index contributed by atoms with van der Waals surface area (Å²) < 4.78 is 102. The summed E-state index contributed by atoms with van der Waals surface area (Å²) in [5.41, 5.74) is 0.513. The van der Waals surface area contributed by atoms with Crippen LogP contribution in [0, 0.1) is 5.82 Å². The van der Waals surface area contributed by atoms with Crippen LogP contribution in [0.5, 0.6) is 5.75 Å². The summed E-state index contributed by atoms with van der Waals surface area (Å²) >= 11 is 0. The van der Waals surface area contributed by atoms with Crippen molar-refractivity contribution >= 4 is 0 Å². The van der Waals surface area contributed by atoms with Crippen molar-refractivity contribution in [3.63, 3.8) is 0 Å². The van der Waals surface area contributed by atoms with Gasteiger partial charge in [-0.25, -0.2) is 9.37 Å². The molecule has 0 fully saturated rings. The molecule has 5 aromatic rings. The van der Waals surface area contributed by atoms with Crippen molar-refractivity contribution in [3.05, 3.63) is 84.4 Å². The van der Waals surface area contributed by atoms with E-state index < -0.39 is 29.8 Å². The van der Waals surface area contributed by atoms with Crippen LogP contribution in [-0.2, 0) is 13.2 Å². The lowest BCUT2D eigenvalue weighted by Gasteiger charge is -2.11. The number of ether oxygens (including phenoxy) is 1. The third-order valence-corrected chi connectivity index (χ3v) is 5.58. The predicted octanol–water partition coefficient (Wildman–Crippen LogP) is 7.53. The maximum Gasteiger partial charge on any atom is 0.573 e. The van der Waals surface area contributed by atoms with E-state index in [4.69, 9.17) is 4.52 Å². The summed E-state index contributed by atoms with van der Waals surface area (Å²) in [4.78, 5) is 7.98. The summed E-state index contributed by atoms with van der Waals surface area (Å²) in [5.74, 6) is -0.942. The summed E-state index contributed by atoms with van der Waals surface area (Å²) in [6.45, 7) is 0. The smallest absolute Gasteiger partial charge is 0.406 e. The molecule has 0 spiro atoms.